The number of methoxy groups -OCH3 is 1. The predicted octanol–water partition coefficient (Wildman–Crippen LogP) is 2.19. The second kappa shape index (κ2) is 4.63. The first kappa shape index (κ1) is 11.1. The van der Waals surface area contributed by atoms with Gasteiger partial charge in [0, 0.05) is 11.8 Å². The number of fused-ring (bicyclic) bond motifs is 1. The highest BCUT2D eigenvalue weighted by atomic mass is 32.1. The van der Waals surface area contributed by atoms with Crippen molar-refractivity contribution in [3.63, 3.8) is 0 Å². The monoisotopic (exact) mass is 235 g/mol. The molecule has 0 fully saturated rings. The van der Waals surface area contributed by atoms with Gasteiger partial charge in [-0.2, -0.15) is 0 Å². The Labute approximate surface area is 97.8 Å². The highest BCUT2D eigenvalue weighted by molar-refractivity contribution is 7.21. The first-order valence-electron chi connectivity index (χ1n) is 5.03. The van der Waals surface area contributed by atoms with E-state index >= 15 is 0 Å². The van der Waals surface area contributed by atoms with E-state index in [0.717, 1.165) is 22.1 Å². The molecule has 0 spiro atoms. The van der Waals surface area contributed by atoms with E-state index in [1.54, 1.807) is 7.11 Å². The standard InChI is InChI=1S/C12H13NO2S/c1-15-7-6-9-8-4-2-3-5-10(8)16-11(9)12(13)14/h2-5H,6-7H2,1H3,(H2,13,14). The minimum absolute atomic E-state index is 0.354. The molecule has 2 rings (SSSR count). The van der Waals surface area contributed by atoms with Crippen molar-refractivity contribution in [3.05, 3.63) is 34.7 Å². The van der Waals surface area contributed by atoms with Gasteiger partial charge in [-0.25, -0.2) is 0 Å². The third-order valence-electron chi connectivity index (χ3n) is 2.48. The number of amides is 1. The van der Waals surface area contributed by atoms with E-state index in [4.69, 9.17) is 10.5 Å². The molecule has 1 aromatic carbocycles. The van der Waals surface area contributed by atoms with Crippen molar-refractivity contribution in [1.82, 2.24) is 0 Å². The van der Waals surface area contributed by atoms with Crippen LogP contribution in [0.4, 0.5) is 0 Å². The Kier molecular flexibility index (Phi) is 3.22. The summed E-state index contributed by atoms with van der Waals surface area (Å²) in [4.78, 5) is 12.0. The summed E-state index contributed by atoms with van der Waals surface area (Å²) in [5.74, 6) is -0.354. The molecule has 0 unspecified atom stereocenters. The molecule has 0 atom stereocenters. The molecule has 0 bridgehead atoms. The lowest BCUT2D eigenvalue weighted by molar-refractivity contribution is 0.100. The highest BCUT2D eigenvalue weighted by Gasteiger charge is 2.15. The molecular formula is C12H13NO2S. The molecule has 0 radical (unpaired) electrons. The van der Waals surface area contributed by atoms with Crippen molar-refractivity contribution in [1.29, 1.82) is 0 Å². The Balaban J connectivity index is 2.55. The van der Waals surface area contributed by atoms with Crippen molar-refractivity contribution < 1.29 is 9.53 Å². The van der Waals surface area contributed by atoms with Crippen LogP contribution in [0.25, 0.3) is 10.1 Å². The number of nitrogens with two attached hydrogens (primary N) is 1. The van der Waals surface area contributed by atoms with Crippen molar-refractivity contribution in [2.24, 2.45) is 5.73 Å². The lowest BCUT2D eigenvalue weighted by Gasteiger charge is -2.01. The van der Waals surface area contributed by atoms with Gasteiger partial charge in [0.25, 0.3) is 5.91 Å². The predicted molar refractivity (Wildman–Crippen MR) is 65.9 cm³/mol. The quantitative estimate of drug-likeness (QED) is 0.883. The minimum atomic E-state index is -0.354. The Hall–Kier alpha value is -1.39. The van der Waals surface area contributed by atoms with Crippen LogP contribution in [0.1, 0.15) is 15.2 Å². The fourth-order valence-corrected chi connectivity index (χ4v) is 2.85. The molecule has 1 heterocycles. The molecule has 0 saturated carbocycles. The zero-order valence-electron chi connectivity index (χ0n) is 9.03. The highest BCUT2D eigenvalue weighted by Crippen LogP contribution is 2.31. The molecule has 84 valence electrons. The summed E-state index contributed by atoms with van der Waals surface area (Å²) in [5, 5.41) is 1.11. The number of ether oxygens (including phenoxy) is 1. The largest absolute Gasteiger partial charge is 0.384 e. The van der Waals surface area contributed by atoms with Gasteiger partial charge < -0.3 is 10.5 Å². The first-order valence-corrected chi connectivity index (χ1v) is 5.85. The lowest BCUT2D eigenvalue weighted by Crippen LogP contribution is -2.12. The maximum absolute atomic E-state index is 11.3. The van der Waals surface area contributed by atoms with Crippen molar-refractivity contribution in [2.45, 2.75) is 6.42 Å². The Morgan fingerprint density at radius 1 is 1.44 bits per heavy atom. The van der Waals surface area contributed by atoms with Crippen LogP contribution < -0.4 is 5.73 Å². The number of carbonyl (C=O) groups is 1. The number of hydrogen-bond donors (Lipinski definition) is 1. The van der Waals surface area contributed by atoms with E-state index in [1.165, 1.54) is 11.3 Å². The van der Waals surface area contributed by atoms with Crippen LogP contribution in [0.3, 0.4) is 0 Å². The van der Waals surface area contributed by atoms with Gasteiger partial charge in [-0.1, -0.05) is 18.2 Å². The Morgan fingerprint density at radius 3 is 2.88 bits per heavy atom. The van der Waals surface area contributed by atoms with Crippen LogP contribution in [-0.2, 0) is 11.2 Å². The maximum Gasteiger partial charge on any atom is 0.259 e. The number of benzene rings is 1. The van der Waals surface area contributed by atoms with Gasteiger partial charge in [-0.3, -0.25) is 4.79 Å². The van der Waals surface area contributed by atoms with E-state index in [1.807, 2.05) is 24.3 Å². The van der Waals surface area contributed by atoms with E-state index in [0.29, 0.717) is 11.5 Å². The third kappa shape index (κ3) is 1.94. The van der Waals surface area contributed by atoms with Crippen LogP contribution >= 0.6 is 11.3 Å². The van der Waals surface area contributed by atoms with Crippen LogP contribution in [0, 0.1) is 0 Å². The summed E-state index contributed by atoms with van der Waals surface area (Å²) < 4.78 is 6.15. The Bertz CT molecular complexity index is 519. The number of thiophene rings is 1. The topological polar surface area (TPSA) is 52.3 Å². The fraction of sp³-hybridized carbons (Fsp3) is 0.250. The normalized spacial score (nSPS) is 10.8. The SMILES string of the molecule is COCCc1c(C(N)=O)sc2ccccc12. The van der Waals surface area contributed by atoms with Crippen molar-refractivity contribution >= 4 is 27.3 Å². The second-order valence-corrected chi connectivity index (χ2v) is 4.57. The van der Waals surface area contributed by atoms with Gasteiger partial charge in [0.2, 0.25) is 0 Å². The first-order chi connectivity index (χ1) is 7.74. The zero-order valence-corrected chi connectivity index (χ0v) is 9.84. The van der Waals surface area contributed by atoms with Crippen molar-refractivity contribution in [2.75, 3.05) is 13.7 Å². The maximum atomic E-state index is 11.3. The summed E-state index contributed by atoms with van der Waals surface area (Å²) in [7, 11) is 1.65. The van der Waals surface area contributed by atoms with Crippen LogP contribution in [-0.4, -0.2) is 19.6 Å². The van der Waals surface area contributed by atoms with Gasteiger partial charge in [-0.15, -0.1) is 11.3 Å². The van der Waals surface area contributed by atoms with E-state index < -0.39 is 0 Å². The molecular weight excluding hydrogens is 222 g/mol. The van der Waals surface area contributed by atoms with Crippen LogP contribution in [0.15, 0.2) is 24.3 Å². The van der Waals surface area contributed by atoms with Crippen LogP contribution in [0.2, 0.25) is 0 Å². The minimum Gasteiger partial charge on any atom is -0.384 e. The van der Waals surface area contributed by atoms with E-state index in [-0.39, 0.29) is 5.91 Å². The molecule has 3 nitrogen and oxygen atoms in total. The molecule has 2 N–H and O–H groups in total. The Morgan fingerprint density at radius 2 is 2.19 bits per heavy atom. The summed E-state index contributed by atoms with van der Waals surface area (Å²) in [5.41, 5.74) is 6.39. The number of rotatable bonds is 4. The molecule has 4 heteroatoms. The van der Waals surface area contributed by atoms with E-state index in [9.17, 15) is 4.79 Å². The molecule has 0 aliphatic rings. The van der Waals surface area contributed by atoms with Crippen LogP contribution in [0.5, 0.6) is 0 Å². The fourth-order valence-electron chi connectivity index (χ4n) is 1.75. The molecule has 1 amide bonds. The average molecular weight is 235 g/mol. The number of primary amides is 1. The molecule has 0 saturated heterocycles. The summed E-state index contributed by atoms with van der Waals surface area (Å²) in [6.45, 7) is 0.598. The molecule has 16 heavy (non-hydrogen) atoms. The summed E-state index contributed by atoms with van der Waals surface area (Å²) in [6.07, 6.45) is 0.721. The molecule has 1 aromatic heterocycles. The molecule has 2 aromatic rings. The smallest absolute Gasteiger partial charge is 0.259 e. The van der Waals surface area contributed by atoms with Crippen molar-refractivity contribution in [3.8, 4) is 0 Å². The van der Waals surface area contributed by atoms with Gasteiger partial charge in [0.1, 0.15) is 0 Å². The lowest BCUT2D eigenvalue weighted by atomic mass is 10.1. The van der Waals surface area contributed by atoms with Gasteiger partial charge >= 0.3 is 0 Å². The van der Waals surface area contributed by atoms with Gasteiger partial charge in [-0.05, 0) is 23.4 Å². The van der Waals surface area contributed by atoms with E-state index in [2.05, 4.69) is 0 Å². The van der Waals surface area contributed by atoms with Gasteiger partial charge in [0.15, 0.2) is 0 Å². The zero-order chi connectivity index (χ0) is 11.5. The molecule has 0 aliphatic heterocycles. The van der Waals surface area contributed by atoms with Gasteiger partial charge in [0.05, 0.1) is 11.5 Å². The number of carbonyl (C=O) groups excluding carboxylic acids is 1. The molecule has 0 aliphatic carbocycles. The average Bonchev–Trinajstić information content (AvgIpc) is 2.65. The summed E-state index contributed by atoms with van der Waals surface area (Å²) >= 11 is 1.45. The summed E-state index contributed by atoms with van der Waals surface area (Å²) in [6, 6.07) is 7.95. The number of hydrogen-bond acceptors (Lipinski definition) is 3. The second-order valence-electron chi connectivity index (χ2n) is 3.51. The third-order valence-corrected chi connectivity index (χ3v) is 3.71.